The highest BCUT2D eigenvalue weighted by atomic mass is 16.3. The molecule has 0 spiro atoms. The Kier molecular flexibility index (Phi) is 9.77. The van der Waals surface area contributed by atoms with Crippen LogP contribution in [0.3, 0.4) is 0 Å². The van der Waals surface area contributed by atoms with Crippen molar-refractivity contribution in [3.63, 3.8) is 0 Å². The molecule has 0 amide bonds. The summed E-state index contributed by atoms with van der Waals surface area (Å²) in [5.74, 6) is 0. The highest BCUT2D eigenvalue weighted by Gasteiger charge is 2.47. The highest BCUT2D eigenvalue weighted by Crippen LogP contribution is 2.59. The van der Waals surface area contributed by atoms with Crippen LogP contribution in [0, 0.1) is 0 Å². The molecule has 1 aliphatic rings. The molecule has 12 aromatic rings. The SMILES string of the molecule is c1ccc(-c2ccc(-c3cccc(N(c4ccc(-c5ccc6c(c5)oc5ccccc56)cc4)c4ccccc4-c4cccc5c4-c4ccccc4C5(c4ccccc4)c4ccccc4)c3)cc2)cc1. The number of furan rings is 1. The molecule has 13 rings (SSSR count). The zero-order chi connectivity index (χ0) is 45.7. The molecule has 0 unspecified atom stereocenters. The average molecular weight is 880 g/mol. The van der Waals surface area contributed by atoms with Crippen LogP contribution >= 0.6 is 0 Å². The van der Waals surface area contributed by atoms with Crippen molar-refractivity contribution in [2.75, 3.05) is 4.90 Å². The second-order valence-corrected chi connectivity index (χ2v) is 18.0. The molecule has 0 bridgehead atoms. The van der Waals surface area contributed by atoms with Crippen LogP contribution in [0.1, 0.15) is 22.3 Å². The van der Waals surface area contributed by atoms with E-state index in [4.69, 9.17) is 4.42 Å². The van der Waals surface area contributed by atoms with Crippen LogP contribution in [0.4, 0.5) is 17.1 Å². The Hall–Kier alpha value is -8.98. The molecule has 0 N–H and O–H groups in total. The molecule has 11 aromatic carbocycles. The Labute approximate surface area is 402 Å². The van der Waals surface area contributed by atoms with Crippen molar-refractivity contribution in [3.8, 4) is 55.6 Å². The first-order valence-electron chi connectivity index (χ1n) is 23.7. The molecular weight excluding hydrogens is 835 g/mol. The third kappa shape index (κ3) is 6.72. The maximum atomic E-state index is 6.33. The normalized spacial score (nSPS) is 12.5. The summed E-state index contributed by atoms with van der Waals surface area (Å²) in [6.07, 6.45) is 0. The summed E-state index contributed by atoms with van der Waals surface area (Å²) in [5, 5.41) is 2.26. The molecule has 69 heavy (non-hydrogen) atoms. The van der Waals surface area contributed by atoms with Gasteiger partial charge in [-0.3, -0.25) is 0 Å². The van der Waals surface area contributed by atoms with E-state index in [1.165, 1.54) is 50.1 Å². The van der Waals surface area contributed by atoms with Gasteiger partial charge in [-0.1, -0.05) is 224 Å². The van der Waals surface area contributed by atoms with Crippen LogP contribution in [-0.2, 0) is 5.41 Å². The lowest BCUT2D eigenvalue weighted by Gasteiger charge is -2.34. The van der Waals surface area contributed by atoms with Crippen molar-refractivity contribution in [1.82, 2.24) is 0 Å². The van der Waals surface area contributed by atoms with Gasteiger partial charge in [0, 0.05) is 27.7 Å². The van der Waals surface area contributed by atoms with E-state index in [-0.39, 0.29) is 0 Å². The number of hydrogen-bond donors (Lipinski definition) is 0. The fourth-order valence-corrected chi connectivity index (χ4v) is 11.1. The summed E-state index contributed by atoms with van der Waals surface area (Å²) in [7, 11) is 0. The van der Waals surface area contributed by atoms with Crippen LogP contribution in [0.2, 0.25) is 0 Å². The molecule has 0 saturated carbocycles. The molecule has 0 radical (unpaired) electrons. The van der Waals surface area contributed by atoms with E-state index in [2.05, 4.69) is 266 Å². The van der Waals surface area contributed by atoms with E-state index in [0.717, 1.165) is 66.8 Å². The van der Waals surface area contributed by atoms with Gasteiger partial charge in [0.25, 0.3) is 0 Å². The van der Waals surface area contributed by atoms with Crippen molar-refractivity contribution in [2.24, 2.45) is 0 Å². The molecule has 1 heterocycles. The number of anilines is 3. The van der Waals surface area contributed by atoms with E-state index in [1.54, 1.807) is 0 Å². The third-order valence-corrected chi connectivity index (χ3v) is 14.2. The Morgan fingerprint density at radius 1 is 0.290 bits per heavy atom. The first kappa shape index (κ1) is 40.3. The molecule has 0 saturated heterocycles. The zero-order valence-corrected chi connectivity index (χ0v) is 37.8. The molecule has 324 valence electrons. The molecule has 0 atom stereocenters. The summed E-state index contributed by atoms with van der Waals surface area (Å²) in [5.41, 5.74) is 21.4. The maximum Gasteiger partial charge on any atom is 0.136 e. The van der Waals surface area contributed by atoms with Gasteiger partial charge >= 0.3 is 0 Å². The summed E-state index contributed by atoms with van der Waals surface area (Å²) < 4.78 is 6.33. The summed E-state index contributed by atoms with van der Waals surface area (Å²) >= 11 is 0. The predicted octanol–water partition coefficient (Wildman–Crippen LogP) is 18.1. The summed E-state index contributed by atoms with van der Waals surface area (Å²) in [4.78, 5) is 2.44. The number of para-hydroxylation sites is 2. The fourth-order valence-electron chi connectivity index (χ4n) is 11.1. The topological polar surface area (TPSA) is 16.4 Å². The molecule has 1 aromatic heterocycles. The predicted molar refractivity (Wildman–Crippen MR) is 287 cm³/mol. The molecule has 0 aliphatic heterocycles. The first-order chi connectivity index (χ1) is 34.2. The average Bonchev–Trinajstić information content (AvgIpc) is 3.96. The lowest BCUT2D eigenvalue weighted by molar-refractivity contribution is 0.669. The van der Waals surface area contributed by atoms with Crippen LogP contribution < -0.4 is 4.90 Å². The number of fused-ring (bicyclic) bond motifs is 6. The van der Waals surface area contributed by atoms with Gasteiger partial charge in [-0.15, -0.1) is 0 Å². The van der Waals surface area contributed by atoms with Crippen molar-refractivity contribution in [3.05, 3.63) is 295 Å². The second kappa shape index (κ2) is 16.7. The van der Waals surface area contributed by atoms with Crippen LogP contribution in [0.5, 0.6) is 0 Å². The van der Waals surface area contributed by atoms with E-state index < -0.39 is 5.41 Å². The second-order valence-electron chi connectivity index (χ2n) is 18.0. The smallest absolute Gasteiger partial charge is 0.136 e. The number of nitrogens with zero attached hydrogens (tertiary/aromatic N) is 1. The monoisotopic (exact) mass is 879 g/mol. The lowest BCUT2D eigenvalue weighted by atomic mass is 9.67. The Morgan fingerprint density at radius 3 is 1.52 bits per heavy atom. The minimum absolute atomic E-state index is 0.509. The fraction of sp³-hybridized carbons (Fsp3) is 0.0149. The summed E-state index contributed by atoms with van der Waals surface area (Å²) in [6, 6.07) is 99.3. The van der Waals surface area contributed by atoms with Gasteiger partial charge in [0.2, 0.25) is 0 Å². The largest absolute Gasteiger partial charge is 0.456 e. The molecular formula is C67H45NO. The van der Waals surface area contributed by atoms with E-state index in [0.29, 0.717) is 0 Å². The van der Waals surface area contributed by atoms with Crippen molar-refractivity contribution in [2.45, 2.75) is 5.41 Å². The van der Waals surface area contributed by atoms with Crippen LogP contribution in [0.25, 0.3) is 77.6 Å². The Balaban J connectivity index is 0.986. The van der Waals surface area contributed by atoms with Gasteiger partial charge in [0.05, 0.1) is 11.1 Å². The van der Waals surface area contributed by atoms with Gasteiger partial charge < -0.3 is 9.32 Å². The van der Waals surface area contributed by atoms with Gasteiger partial charge in [-0.05, 0) is 121 Å². The zero-order valence-electron chi connectivity index (χ0n) is 37.8. The summed E-state index contributed by atoms with van der Waals surface area (Å²) in [6.45, 7) is 0. The highest BCUT2D eigenvalue weighted by molar-refractivity contribution is 6.06. The van der Waals surface area contributed by atoms with Gasteiger partial charge in [0.15, 0.2) is 0 Å². The maximum absolute atomic E-state index is 6.33. The number of hydrogen-bond acceptors (Lipinski definition) is 2. The van der Waals surface area contributed by atoms with Crippen LogP contribution in [0.15, 0.2) is 277 Å². The third-order valence-electron chi connectivity index (χ3n) is 14.2. The van der Waals surface area contributed by atoms with E-state index in [9.17, 15) is 0 Å². The van der Waals surface area contributed by atoms with Gasteiger partial charge in [-0.25, -0.2) is 0 Å². The molecule has 1 aliphatic carbocycles. The quantitative estimate of drug-likeness (QED) is 0.144. The minimum Gasteiger partial charge on any atom is -0.456 e. The lowest BCUT2D eigenvalue weighted by Crippen LogP contribution is -2.28. The van der Waals surface area contributed by atoms with Crippen molar-refractivity contribution < 1.29 is 4.42 Å². The Bertz CT molecular complexity index is 3780. The Morgan fingerprint density at radius 2 is 0.783 bits per heavy atom. The first-order valence-corrected chi connectivity index (χ1v) is 23.7. The number of benzene rings is 11. The van der Waals surface area contributed by atoms with E-state index in [1.807, 2.05) is 12.1 Å². The van der Waals surface area contributed by atoms with Crippen molar-refractivity contribution in [1.29, 1.82) is 0 Å². The van der Waals surface area contributed by atoms with Gasteiger partial charge in [0.1, 0.15) is 11.2 Å². The van der Waals surface area contributed by atoms with Gasteiger partial charge in [-0.2, -0.15) is 0 Å². The van der Waals surface area contributed by atoms with Crippen LogP contribution in [-0.4, -0.2) is 0 Å². The molecule has 2 nitrogen and oxygen atoms in total. The molecule has 0 fully saturated rings. The van der Waals surface area contributed by atoms with Crippen molar-refractivity contribution >= 4 is 39.0 Å². The minimum atomic E-state index is -0.509. The standard InChI is InChI=1S/C67H45NO/c1-4-18-46(19-5-1)47-34-36-48(37-35-47)50-20-16-25-55(44-50)68(54-41-38-49(39-42-54)51-40-43-58-57-27-12-15-33-64(57)69-65(58)45-51)63-32-14-11-26-56(63)59-29-17-31-62-66(59)60-28-10-13-30-61(60)67(62,52-21-6-2-7-22-52)53-23-8-3-9-24-53/h1-45H. The van der Waals surface area contributed by atoms with E-state index >= 15 is 0 Å². The molecule has 2 heteroatoms. The number of rotatable bonds is 9.